The maximum absolute atomic E-state index is 6.25. The highest BCUT2D eigenvalue weighted by atomic mass is 35.5. The Bertz CT molecular complexity index is 971. The smallest absolute Gasteiger partial charge is 0.324 e. The van der Waals surface area contributed by atoms with Crippen molar-refractivity contribution in [3.8, 4) is 17.6 Å². The van der Waals surface area contributed by atoms with Crippen molar-refractivity contribution in [2.45, 2.75) is 0 Å². The lowest BCUT2D eigenvalue weighted by molar-refractivity contribution is 0.439. The molecule has 0 spiro atoms. The molecule has 23 heavy (non-hydrogen) atoms. The van der Waals surface area contributed by atoms with Crippen LogP contribution in [0.3, 0.4) is 0 Å². The number of rotatable bonds is 3. The Balaban J connectivity index is 1.78. The molecule has 0 N–H and O–H groups in total. The number of para-hydroxylation sites is 2. The molecule has 4 aromatic rings. The van der Waals surface area contributed by atoms with E-state index in [1.165, 1.54) is 6.20 Å². The van der Waals surface area contributed by atoms with E-state index in [1.807, 2.05) is 24.3 Å². The minimum Gasteiger partial charge on any atom is -0.423 e. The fraction of sp³-hybridized carbons (Fsp3) is 0. The van der Waals surface area contributed by atoms with Gasteiger partial charge in [-0.05, 0) is 24.3 Å². The number of hydrogen-bond acceptors (Lipinski definition) is 5. The average Bonchev–Trinajstić information content (AvgIpc) is 3.01. The van der Waals surface area contributed by atoms with Crippen molar-refractivity contribution in [2.75, 3.05) is 0 Å². The summed E-state index contributed by atoms with van der Waals surface area (Å²) < 4.78 is 7.41. The lowest BCUT2D eigenvalue weighted by Crippen LogP contribution is -2.01. The van der Waals surface area contributed by atoms with Crippen LogP contribution in [0.25, 0.3) is 16.9 Å². The molecule has 4 rings (SSSR count). The van der Waals surface area contributed by atoms with Crippen LogP contribution in [0.4, 0.5) is 0 Å². The Morgan fingerprint density at radius 2 is 1.91 bits per heavy atom. The molecule has 0 bridgehead atoms. The normalized spacial score (nSPS) is 10.8. The zero-order valence-electron chi connectivity index (χ0n) is 11.8. The van der Waals surface area contributed by atoms with Crippen LogP contribution in [-0.4, -0.2) is 24.5 Å². The van der Waals surface area contributed by atoms with Gasteiger partial charge in [0.15, 0.2) is 5.82 Å². The predicted molar refractivity (Wildman–Crippen MR) is 86.0 cm³/mol. The van der Waals surface area contributed by atoms with E-state index in [0.29, 0.717) is 16.6 Å². The molecule has 0 radical (unpaired) electrons. The SMILES string of the molecule is Clc1cnc(Oc2cccnc2)nc1-n1cnc2ccccc21. The zero-order valence-corrected chi connectivity index (χ0v) is 12.6. The monoisotopic (exact) mass is 323 g/mol. The van der Waals surface area contributed by atoms with Crippen LogP contribution in [0.5, 0.6) is 11.8 Å². The quantitative estimate of drug-likeness (QED) is 0.575. The minimum absolute atomic E-state index is 0.190. The van der Waals surface area contributed by atoms with Gasteiger partial charge in [-0.15, -0.1) is 0 Å². The third-order valence-corrected chi connectivity index (χ3v) is 3.50. The molecule has 3 heterocycles. The van der Waals surface area contributed by atoms with Gasteiger partial charge < -0.3 is 4.74 Å². The molecule has 0 saturated carbocycles. The summed E-state index contributed by atoms with van der Waals surface area (Å²) in [6.45, 7) is 0. The third kappa shape index (κ3) is 2.60. The molecular formula is C16H10ClN5O. The molecule has 1 aromatic carbocycles. The number of hydrogen-bond donors (Lipinski definition) is 0. The van der Waals surface area contributed by atoms with Gasteiger partial charge in [-0.3, -0.25) is 9.55 Å². The fourth-order valence-corrected chi connectivity index (χ4v) is 2.38. The maximum Gasteiger partial charge on any atom is 0.324 e. The first-order chi connectivity index (χ1) is 11.3. The first-order valence-electron chi connectivity index (χ1n) is 6.84. The summed E-state index contributed by atoms with van der Waals surface area (Å²) in [5, 5.41) is 0.409. The molecule has 0 saturated heterocycles. The molecule has 0 aliphatic rings. The number of benzene rings is 1. The first kappa shape index (κ1) is 13.7. The topological polar surface area (TPSA) is 65.7 Å². The molecule has 0 unspecified atom stereocenters. The van der Waals surface area contributed by atoms with E-state index in [9.17, 15) is 0 Å². The second kappa shape index (κ2) is 5.66. The average molecular weight is 324 g/mol. The van der Waals surface area contributed by atoms with E-state index in [2.05, 4.69) is 19.9 Å². The highest BCUT2D eigenvalue weighted by Crippen LogP contribution is 2.25. The summed E-state index contributed by atoms with van der Waals surface area (Å²) in [4.78, 5) is 16.8. The number of halogens is 1. The number of imidazole rings is 1. The second-order valence-corrected chi connectivity index (χ2v) is 5.13. The Morgan fingerprint density at radius 1 is 1.00 bits per heavy atom. The Labute approximate surface area is 136 Å². The van der Waals surface area contributed by atoms with Crippen molar-refractivity contribution in [3.05, 3.63) is 66.3 Å². The molecular weight excluding hydrogens is 314 g/mol. The molecule has 3 aromatic heterocycles. The number of nitrogens with zero attached hydrogens (tertiary/aromatic N) is 5. The minimum atomic E-state index is 0.190. The van der Waals surface area contributed by atoms with Gasteiger partial charge in [0.05, 0.1) is 23.4 Å². The van der Waals surface area contributed by atoms with Gasteiger partial charge in [-0.25, -0.2) is 9.97 Å². The van der Waals surface area contributed by atoms with Crippen LogP contribution in [0.15, 0.2) is 61.3 Å². The highest BCUT2D eigenvalue weighted by molar-refractivity contribution is 6.32. The van der Waals surface area contributed by atoms with Crippen LogP contribution < -0.4 is 4.74 Å². The fourth-order valence-electron chi connectivity index (χ4n) is 2.20. The molecule has 0 aliphatic carbocycles. The Hall–Kier alpha value is -2.99. The molecule has 112 valence electrons. The van der Waals surface area contributed by atoms with Crippen LogP contribution in [0, 0.1) is 0 Å². The van der Waals surface area contributed by atoms with Crippen LogP contribution in [0.2, 0.25) is 5.02 Å². The van der Waals surface area contributed by atoms with Crippen LogP contribution >= 0.6 is 11.6 Å². The standard InChI is InChI=1S/C16H10ClN5O/c17-12-9-19-16(23-11-4-3-7-18-8-11)21-15(12)22-10-20-13-5-1-2-6-14(13)22/h1-10H. The summed E-state index contributed by atoms with van der Waals surface area (Å²) in [5.41, 5.74) is 1.76. The maximum atomic E-state index is 6.25. The van der Waals surface area contributed by atoms with Crippen molar-refractivity contribution in [1.29, 1.82) is 0 Å². The summed E-state index contributed by atoms with van der Waals surface area (Å²) in [5.74, 6) is 1.06. The van der Waals surface area contributed by atoms with Crippen LogP contribution in [-0.2, 0) is 0 Å². The lowest BCUT2D eigenvalue weighted by atomic mass is 10.3. The lowest BCUT2D eigenvalue weighted by Gasteiger charge is -2.08. The Kier molecular flexibility index (Phi) is 3.36. The van der Waals surface area contributed by atoms with E-state index < -0.39 is 0 Å². The van der Waals surface area contributed by atoms with Crippen molar-refractivity contribution in [1.82, 2.24) is 24.5 Å². The summed E-state index contributed by atoms with van der Waals surface area (Å²) >= 11 is 6.25. The first-order valence-corrected chi connectivity index (χ1v) is 7.22. The molecule has 0 aliphatic heterocycles. The van der Waals surface area contributed by atoms with Gasteiger partial charge in [-0.1, -0.05) is 23.7 Å². The van der Waals surface area contributed by atoms with E-state index in [0.717, 1.165) is 11.0 Å². The van der Waals surface area contributed by atoms with E-state index in [4.69, 9.17) is 16.3 Å². The molecule has 0 amide bonds. The van der Waals surface area contributed by atoms with Crippen molar-refractivity contribution < 1.29 is 4.74 Å². The summed E-state index contributed by atoms with van der Waals surface area (Å²) in [7, 11) is 0. The molecule has 0 fully saturated rings. The van der Waals surface area contributed by atoms with Gasteiger partial charge in [0.2, 0.25) is 0 Å². The zero-order chi connectivity index (χ0) is 15.6. The summed E-state index contributed by atoms with van der Waals surface area (Å²) in [6.07, 6.45) is 6.43. The van der Waals surface area contributed by atoms with Crippen molar-refractivity contribution in [2.24, 2.45) is 0 Å². The number of ether oxygens (including phenoxy) is 1. The molecule has 7 heteroatoms. The van der Waals surface area contributed by atoms with Crippen molar-refractivity contribution in [3.63, 3.8) is 0 Å². The van der Waals surface area contributed by atoms with Crippen molar-refractivity contribution >= 4 is 22.6 Å². The van der Waals surface area contributed by atoms with Gasteiger partial charge in [-0.2, -0.15) is 4.98 Å². The van der Waals surface area contributed by atoms with Gasteiger partial charge in [0.1, 0.15) is 17.1 Å². The highest BCUT2D eigenvalue weighted by Gasteiger charge is 2.12. The number of fused-ring (bicyclic) bond motifs is 1. The number of pyridine rings is 1. The van der Waals surface area contributed by atoms with Crippen LogP contribution in [0.1, 0.15) is 0 Å². The van der Waals surface area contributed by atoms with Gasteiger partial charge in [0.25, 0.3) is 0 Å². The largest absolute Gasteiger partial charge is 0.423 e. The number of aromatic nitrogens is 5. The van der Waals surface area contributed by atoms with Gasteiger partial charge in [0, 0.05) is 6.20 Å². The molecule has 6 nitrogen and oxygen atoms in total. The van der Waals surface area contributed by atoms with E-state index >= 15 is 0 Å². The van der Waals surface area contributed by atoms with E-state index in [-0.39, 0.29) is 6.01 Å². The van der Waals surface area contributed by atoms with E-state index in [1.54, 1.807) is 35.4 Å². The summed E-state index contributed by atoms with van der Waals surface area (Å²) in [6, 6.07) is 11.5. The second-order valence-electron chi connectivity index (χ2n) is 4.72. The molecule has 0 atom stereocenters. The third-order valence-electron chi connectivity index (χ3n) is 3.23. The predicted octanol–water partition coefficient (Wildman–Crippen LogP) is 3.66. The Morgan fingerprint density at radius 3 is 2.78 bits per heavy atom. The van der Waals surface area contributed by atoms with Gasteiger partial charge >= 0.3 is 6.01 Å².